The molecule has 0 bridgehead atoms. The van der Waals surface area contributed by atoms with Gasteiger partial charge in [0.15, 0.2) is 5.76 Å². The van der Waals surface area contributed by atoms with Gasteiger partial charge < -0.3 is 14.6 Å². The van der Waals surface area contributed by atoms with Gasteiger partial charge in [-0.3, -0.25) is 9.59 Å². The number of furan rings is 1. The second-order valence-corrected chi connectivity index (χ2v) is 7.10. The summed E-state index contributed by atoms with van der Waals surface area (Å²) in [4.78, 5) is 26.8. The molecule has 2 heterocycles. The fourth-order valence-electron chi connectivity index (χ4n) is 3.55. The van der Waals surface area contributed by atoms with Crippen LogP contribution in [0.4, 0.5) is 5.69 Å². The van der Waals surface area contributed by atoms with Gasteiger partial charge in [-0.1, -0.05) is 18.9 Å². The van der Waals surface area contributed by atoms with Crippen molar-refractivity contribution in [2.75, 3.05) is 18.4 Å². The smallest absolute Gasteiger partial charge is 0.291 e. The lowest BCUT2D eigenvalue weighted by atomic mass is 10.0. The Morgan fingerprint density at radius 2 is 2.00 bits per heavy atom. The number of likely N-dealkylation sites (tertiary alicyclic amines) is 1. The number of nitrogens with zero attached hydrogens (tertiary/aromatic N) is 1. The van der Waals surface area contributed by atoms with E-state index in [-0.39, 0.29) is 17.6 Å². The Labute approximate surface area is 147 Å². The maximum Gasteiger partial charge on any atom is 0.291 e. The summed E-state index contributed by atoms with van der Waals surface area (Å²) < 4.78 is 5.09. The van der Waals surface area contributed by atoms with Crippen LogP contribution in [0.15, 0.2) is 47.1 Å². The Morgan fingerprint density at radius 3 is 2.76 bits per heavy atom. The van der Waals surface area contributed by atoms with Gasteiger partial charge in [-0.05, 0) is 55.0 Å². The first-order chi connectivity index (χ1) is 12.2. The molecule has 2 aliphatic rings. The molecule has 1 aromatic carbocycles. The summed E-state index contributed by atoms with van der Waals surface area (Å²) in [6.45, 7) is 1.69. The highest BCUT2D eigenvalue weighted by Gasteiger charge is 2.32. The quantitative estimate of drug-likeness (QED) is 0.902. The maximum atomic E-state index is 12.8. The van der Waals surface area contributed by atoms with E-state index in [9.17, 15) is 9.59 Å². The van der Waals surface area contributed by atoms with Crippen LogP contribution in [0.2, 0.25) is 0 Å². The highest BCUT2D eigenvalue weighted by molar-refractivity contribution is 6.03. The molecule has 0 radical (unpaired) electrons. The van der Waals surface area contributed by atoms with Gasteiger partial charge in [-0.25, -0.2) is 0 Å². The topological polar surface area (TPSA) is 62.6 Å². The van der Waals surface area contributed by atoms with Crippen molar-refractivity contribution in [3.63, 3.8) is 0 Å². The van der Waals surface area contributed by atoms with E-state index in [1.807, 2.05) is 4.90 Å². The summed E-state index contributed by atoms with van der Waals surface area (Å²) in [5, 5.41) is 2.77. The molecule has 4 rings (SSSR count). The van der Waals surface area contributed by atoms with Crippen LogP contribution in [0, 0.1) is 11.8 Å². The second-order valence-electron chi connectivity index (χ2n) is 7.10. The zero-order valence-electron chi connectivity index (χ0n) is 14.1. The third-order valence-corrected chi connectivity index (χ3v) is 5.05. The molecule has 1 atom stereocenters. The average Bonchev–Trinajstić information content (AvgIpc) is 3.09. The number of benzene rings is 1. The fourth-order valence-corrected chi connectivity index (χ4v) is 3.55. The minimum Gasteiger partial charge on any atom is -0.459 e. The largest absolute Gasteiger partial charge is 0.459 e. The lowest BCUT2D eigenvalue weighted by molar-refractivity contribution is 0.0785. The van der Waals surface area contributed by atoms with E-state index >= 15 is 0 Å². The van der Waals surface area contributed by atoms with Crippen LogP contribution in [-0.4, -0.2) is 29.8 Å². The predicted molar refractivity (Wildman–Crippen MR) is 94.5 cm³/mol. The molecular weight excluding hydrogens is 316 g/mol. The molecule has 2 amide bonds. The van der Waals surface area contributed by atoms with Gasteiger partial charge in [0.1, 0.15) is 0 Å². The Balaban J connectivity index is 1.40. The van der Waals surface area contributed by atoms with Crippen molar-refractivity contribution in [3.8, 4) is 0 Å². The molecule has 1 saturated carbocycles. The Hall–Kier alpha value is -2.56. The minimum atomic E-state index is -0.319. The number of carbonyl (C=O) groups excluding carboxylic acids is 2. The van der Waals surface area contributed by atoms with Crippen LogP contribution in [0.1, 0.15) is 46.6 Å². The summed E-state index contributed by atoms with van der Waals surface area (Å²) in [6, 6.07) is 10.4. The molecule has 1 N–H and O–H groups in total. The normalized spacial score (nSPS) is 19.8. The molecule has 0 unspecified atom stereocenters. The summed E-state index contributed by atoms with van der Waals surface area (Å²) in [5.74, 6) is 1.53. The molecule has 5 nitrogen and oxygen atoms in total. The van der Waals surface area contributed by atoms with Crippen molar-refractivity contribution in [1.82, 2.24) is 4.90 Å². The molecule has 2 aromatic rings. The van der Waals surface area contributed by atoms with Gasteiger partial charge in [0.2, 0.25) is 0 Å². The lowest BCUT2D eigenvalue weighted by Gasteiger charge is -2.17. The Bertz CT molecular complexity index is 765. The molecular formula is C20H22N2O3. The van der Waals surface area contributed by atoms with Gasteiger partial charge in [0.05, 0.1) is 6.26 Å². The number of anilines is 1. The molecule has 1 aliphatic heterocycles. The van der Waals surface area contributed by atoms with Gasteiger partial charge in [-0.15, -0.1) is 0 Å². The summed E-state index contributed by atoms with van der Waals surface area (Å²) in [7, 11) is 0. The molecule has 1 saturated heterocycles. The van der Waals surface area contributed by atoms with Crippen molar-refractivity contribution >= 4 is 17.5 Å². The van der Waals surface area contributed by atoms with Crippen LogP contribution in [0.3, 0.4) is 0 Å². The van der Waals surface area contributed by atoms with E-state index < -0.39 is 0 Å². The van der Waals surface area contributed by atoms with E-state index in [0.29, 0.717) is 17.2 Å². The van der Waals surface area contributed by atoms with Gasteiger partial charge in [0, 0.05) is 24.3 Å². The van der Waals surface area contributed by atoms with E-state index in [1.165, 1.54) is 25.5 Å². The molecule has 25 heavy (non-hydrogen) atoms. The summed E-state index contributed by atoms with van der Waals surface area (Å²) in [5.41, 5.74) is 1.21. The number of rotatable bonds is 5. The van der Waals surface area contributed by atoms with Crippen LogP contribution in [-0.2, 0) is 0 Å². The third-order valence-electron chi connectivity index (χ3n) is 5.05. The predicted octanol–water partition coefficient (Wildman–Crippen LogP) is 3.79. The standard InChI is InChI=1S/C20H22N2O3/c23-19(18-5-2-10-25-18)21-17-4-1-3-16(12-17)20(24)22-9-8-15(13-22)11-14-6-7-14/h1-5,10,12,14-15H,6-9,11,13H2,(H,21,23)/t15-/m0/s1. The fraction of sp³-hybridized carbons (Fsp3) is 0.400. The van der Waals surface area contributed by atoms with Crippen molar-refractivity contribution in [2.24, 2.45) is 11.8 Å². The van der Waals surface area contributed by atoms with E-state index in [0.717, 1.165) is 25.4 Å². The number of nitrogens with one attached hydrogen (secondary N) is 1. The van der Waals surface area contributed by atoms with E-state index in [4.69, 9.17) is 4.42 Å². The number of amides is 2. The molecule has 1 aromatic heterocycles. The zero-order valence-corrected chi connectivity index (χ0v) is 14.1. The van der Waals surface area contributed by atoms with Crippen molar-refractivity contribution in [3.05, 3.63) is 54.0 Å². The third kappa shape index (κ3) is 3.76. The molecule has 5 heteroatoms. The van der Waals surface area contributed by atoms with E-state index in [2.05, 4.69) is 5.32 Å². The van der Waals surface area contributed by atoms with Crippen molar-refractivity contribution in [2.45, 2.75) is 25.7 Å². The molecule has 0 spiro atoms. The Kier molecular flexibility index (Phi) is 4.30. The first kappa shape index (κ1) is 15.9. The number of hydrogen-bond donors (Lipinski definition) is 1. The van der Waals surface area contributed by atoms with E-state index in [1.54, 1.807) is 36.4 Å². The monoisotopic (exact) mass is 338 g/mol. The second kappa shape index (κ2) is 6.75. The van der Waals surface area contributed by atoms with Crippen LogP contribution in [0.25, 0.3) is 0 Å². The summed E-state index contributed by atoms with van der Waals surface area (Å²) in [6.07, 6.45) is 6.56. The van der Waals surface area contributed by atoms with Crippen molar-refractivity contribution < 1.29 is 14.0 Å². The molecule has 130 valence electrons. The molecule has 2 fully saturated rings. The van der Waals surface area contributed by atoms with Crippen molar-refractivity contribution in [1.29, 1.82) is 0 Å². The zero-order chi connectivity index (χ0) is 17.2. The highest BCUT2D eigenvalue weighted by Crippen LogP contribution is 2.38. The summed E-state index contributed by atoms with van der Waals surface area (Å²) >= 11 is 0. The van der Waals surface area contributed by atoms with Crippen LogP contribution in [0.5, 0.6) is 0 Å². The Morgan fingerprint density at radius 1 is 1.12 bits per heavy atom. The first-order valence-corrected chi connectivity index (χ1v) is 8.93. The van der Waals surface area contributed by atoms with Gasteiger partial charge in [-0.2, -0.15) is 0 Å². The van der Waals surface area contributed by atoms with Crippen LogP contribution < -0.4 is 5.32 Å². The SMILES string of the molecule is O=C(Nc1cccc(C(=O)N2CC[C@@H](CC3CC3)C2)c1)c1ccco1. The highest BCUT2D eigenvalue weighted by atomic mass is 16.3. The lowest BCUT2D eigenvalue weighted by Crippen LogP contribution is -2.28. The van der Waals surface area contributed by atoms with Gasteiger partial charge in [0.25, 0.3) is 11.8 Å². The minimum absolute atomic E-state index is 0.0485. The average molecular weight is 338 g/mol. The molecule has 1 aliphatic carbocycles. The maximum absolute atomic E-state index is 12.8. The number of carbonyl (C=O) groups is 2. The van der Waals surface area contributed by atoms with Crippen LogP contribution >= 0.6 is 0 Å². The van der Waals surface area contributed by atoms with Gasteiger partial charge >= 0.3 is 0 Å². The first-order valence-electron chi connectivity index (χ1n) is 8.93. The number of hydrogen-bond acceptors (Lipinski definition) is 3.